The topological polar surface area (TPSA) is 70.2 Å². The highest BCUT2D eigenvalue weighted by atomic mass is 32.1. The summed E-state index contributed by atoms with van der Waals surface area (Å²) < 4.78 is 0. The molecule has 2 aromatic heterocycles. The molecule has 0 fully saturated rings. The third-order valence-corrected chi connectivity index (χ3v) is 7.27. The third-order valence-electron chi connectivity index (χ3n) is 6.11. The van der Waals surface area contributed by atoms with Gasteiger partial charge in [0.25, 0.3) is 5.91 Å². The largest absolute Gasteiger partial charge is 0.351 e. The minimum absolute atomic E-state index is 0.0378. The van der Waals surface area contributed by atoms with Gasteiger partial charge in [-0.1, -0.05) is 20.8 Å². The monoisotopic (exact) mass is 437 g/mol. The zero-order chi connectivity index (χ0) is 21.8. The molecule has 2 heterocycles. The van der Waals surface area contributed by atoms with Crippen molar-refractivity contribution in [2.75, 3.05) is 31.5 Å². The lowest BCUT2D eigenvalue weighted by atomic mass is 9.89. The van der Waals surface area contributed by atoms with E-state index in [0.717, 1.165) is 60.1 Å². The van der Waals surface area contributed by atoms with Crippen LogP contribution in [-0.4, -0.2) is 47.0 Å². The molecule has 1 aromatic carbocycles. The van der Waals surface area contributed by atoms with Crippen molar-refractivity contribution >= 4 is 39.0 Å². The first-order chi connectivity index (χ1) is 15.1. The van der Waals surface area contributed by atoms with Gasteiger partial charge in [-0.15, -0.1) is 11.3 Å². The Balaban J connectivity index is 1.45. The van der Waals surface area contributed by atoms with E-state index in [9.17, 15) is 4.79 Å². The number of thiophene rings is 1. The molecule has 1 atom stereocenters. The minimum atomic E-state index is -0.0378. The second kappa shape index (κ2) is 9.75. The second-order valence-electron chi connectivity index (χ2n) is 8.24. The lowest BCUT2D eigenvalue weighted by Crippen LogP contribution is -2.34. The van der Waals surface area contributed by atoms with E-state index in [1.807, 2.05) is 24.3 Å². The molecule has 1 unspecified atom stereocenters. The fourth-order valence-corrected chi connectivity index (χ4v) is 5.53. The Morgan fingerprint density at radius 3 is 2.71 bits per heavy atom. The van der Waals surface area contributed by atoms with E-state index in [2.05, 4.69) is 46.3 Å². The van der Waals surface area contributed by atoms with Crippen LogP contribution in [-0.2, 0) is 12.8 Å². The molecular weight excluding hydrogens is 406 g/mol. The number of likely N-dealkylation sites (N-methyl/N-ethyl adjacent to an activating group) is 1. The summed E-state index contributed by atoms with van der Waals surface area (Å²) in [6.07, 6.45) is 5.07. The number of hydrogen-bond acceptors (Lipinski definition) is 6. The molecule has 0 saturated carbocycles. The minimum Gasteiger partial charge on any atom is -0.351 e. The summed E-state index contributed by atoms with van der Waals surface area (Å²) in [5, 5.41) is 7.62. The number of nitrogens with one attached hydrogen (secondary N) is 2. The van der Waals surface area contributed by atoms with Crippen LogP contribution in [0.4, 0.5) is 11.5 Å². The van der Waals surface area contributed by atoms with E-state index in [1.54, 1.807) is 17.7 Å². The van der Waals surface area contributed by atoms with Crippen LogP contribution in [0.1, 0.15) is 48.0 Å². The van der Waals surface area contributed by atoms with Crippen molar-refractivity contribution < 1.29 is 4.79 Å². The number of hydrogen-bond donors (Lipinski definition) is 2. The summed E-state index contributed by atoms with van der Waals surface area (Å²) in [5.41, 5.74) is 2.99. The van der Waals surface area contributed by atoms with Gasteiger partial charge < -0.3 is 15.5 Å². The molecule has 3 aromatic rings. The van der Waals surface area contributed by atoms with E-state index in [1.165, 1.54) is 16.9 Å². The van der Waals surface area contributed by atoms with Crippen molar-refractivity contribution in [2.45, 2.75) is 40.0 Å². The molecule has 1 aliphatic rings. The Hall–Kier alpha value is -2.51. The maximum Gasteiger partial charge on any atom is 0.251 e. The van der Waals surface area contributed by atoms with Gasteiger partial charge in [0.2, 0.25) is 0 Å². The van der Waals surface area contributed by atoms with Crippen molar-refractivity contribution in [3.05, 3.63) is 46.6 Å². The highest BCUT2D eigenvalue weighted by molar-refractivity contribution is 7.19. The lowest BCUT2D eigenvalue weighted by Gasteiger charge is -2.18. The molecule has 7 heteroatoms. The van der Waals surface area contributed by atoms with Crippen LogP contribution >= 0.6 is 11.3 Å². The van der Waals surface area contributed by atoms with Crippen molar-refractivity contribution in [2.24, 2.45) is 5.92 Å². The van der Waals surface area contributed by atoms with Crippen molar-refractivity contribution in [1.82, 2.24) is 20.2 Å². The SMILES string of the molecule is CCN(CC)CCNC(=O)c1ccc(Nc2ncnc3sc4c(c23)CCC(C)C4)cc1. The fraction of sp³-hybridized carbons (Fsp3) is 0.458. The van der Waals surface area contributed by atoms with Gasteiger partial charge in [-0.2, -0.15) is 0 Å². The number of carbonyl (C=O) groups excluding carboxylic acids is 1. The average molecular weight is 438 g/mol. The Bertz CT molecular complexity index is 1040. The molecule has 4 rings (SSSR count). The number of benzene rings is 1. The summed E-state index contributed by atoms with van der Waals surface area (Å²) in [6.45, 7) is 10.1. The normalized spacial score (nSPS) is 15.8. The van der Waals surface area contributed by atoms with Crippen LogP contribution in [0.3, 0.4) is 0 Å². The molecule has 0 spiro atoms. The first-order valence-electron chi connectivity index (χ1n) is 11.2. The van der Waals surface area contributed by atoms with Gasteiger partial charge in [-0.3, -0.25) is 4.79 Å². The van der Waals surface area contributed by atoms with Crippen LogP contribution in [0, 0.1) is 5.92 Å². The highest BCUT2D eigenvalue weighted by Crippen LogP contribution is 2.40. The predicted molar refractivity (Wildman–Crippen MR) is 128 cm³/mol. The molecule has 1 amide bonds. The molecule has 6 nitrogen and oxygen atoms in total. The average Bonchev–Trinajstić information content (AvgIpc) is 3.15. The molecule has 0 aliphatic heterocycles. The number of carbonyl (C=O) groups is 1. The Morgan fingerprint density at radius 1 is 1.19 bits per heavy atom. The highest BCUT2D eigenvalue weighted by Gasteiger charge is 2.23. The maximum absolute atomic E-state index is 12.4. The molecule has 0 radical (unpaired) electrons. The van der Waals surface area contributed by atoms with Crippen LogP contribution in [0.5, 0.6) is 0 Å². The van der Waals surface area contributed by atoms with Crippen molar-refractivity contribution in [1.29, 1.82) is 0 Å². The summed E-state index contributed by atoms with van der Waals surface area (Å²) in [5.74, 6) is 1.55. The van der Waals surface area contributed by atoms with Crippen LogP contribution in [0.15, 0.2) is 30.6 Å². The smallest absolute Gasteiger partial charge is 0.251 e. The molecule has 0 saturated heterocycles. The van der Waals surface area contributed by atoms with Gasteiger partial charge >= 0.3 is 0 Å². The zero-order valence-corrected chi connectivity index (χ0v) is 19.4. The number of nitrogens with zero attached hydrogens (tertiary/aromatic N) is 3. The molecule has 0 bridgehead atoms. The van der Waals surface area contributed by atoms with Crippen molar-refractivity contribution in [3.8, 4) is 0 Å². The van der Waals surface area contributed by atoms with Gasteiger partial charge in [0.05, 0.1) is 5.39 Å². The van der Waals surface area contributed by atoms with Gasteiger partial charge in [-0.25, -0.2) is 9.97 Å². The Labute approximate surface area is 188 Å². The van der Waals surface area contributed by atoms with E-state index < -0.39 is 0 Å². The van der Waals surface area contributed by atoms with Gasteiger partial charge in [-0.05, 0) is 68.1 Å². The number of rotatable bonds is 8. The first-order valence-corrected chi connectivity index (χ1v) is 12.0. The number of aryl methyl sites for hydroxylation is 1. The Kier molecular flexibility index (Phi) is 6.83. The molecule has 31 heavy (non-hydrogen) atoms. The summed E-state index contributed by atoms with van der Waals surface area (Å²) in [6, 6.07) is 7.60. The predicted octanol–water partition coefficient (Wildman–Crippen LogP) is 4.63. The summed E-state index contributed by atoms with van der Waals surface area (Å²) in [4.78, 5) is 26.3. The molecule has 2 N–H and O–H groups in total. The molecule has 164 valence electrons. The molecular formula is C24H31N5OS. The van der Waals surface area contributed by atoms with E-state index in [0.29, 0.717) is 12.1 Å². The van der Waals surface area contributed by atoms with E-state index >= 15 is 0 Å². The number of anilines is 2. The fourth-order valence-electron chi connectivity index (χ4n) is 4.18. The lowest BCUT2D eigenvalue weighted by molar-refractivity contribution is 0.0949. The first kappa shape index (κ1) is 21.7. The summed E-state index contributed by atoms with van der Waals surface area (Å²) >= 11 is 1.80. The number of fused-ring (bicyclic) bond motifs is 3. The number of aromatic nitrogens is 2. The van der Waals surface area contributed by atoms with Crippen LogP contribution < -0.4 is 10.6 Å². The Morgan fingerprint density at radius 2 is 1.97 bits per heavy atom. The number of amides is 1. The van der Waals surface area contributed by atoms with Crippen molar-refractivity contribution in [3.63, 3.8) is 0 Å². The van der Waals surface area contributed by atoms with Gasteiger partial charge in [0.1, 0.15) is 17.0 Å². The zero-order valence-electron chi connectivity index (χ0n) is 18.6. The third kappa shape index (κ3) is 4.88. The van der Waals surface area contributed by atoms with E-state index in [4.69, 9.17) is 0 Å². The van der Waals surface area contributed by atoms with E-state index in [-0.39, 0.29) is 5.91 Å². The quantitative estimate of drug-likeness (QED) is 0.538. The molecule has 1 aliphatic carbocycles. The summed E-state index contributed by atoms with van der Waals surface area (Å²) in [7, 11) is 0. The van der Waals surface area contributed by atoms with Gasteiger partial charge in [0.15, 0.2) is 0 Å². The van der Waals surface area contributed by atoms with Gasteiger partial charge in [0, 0.05) is 29.2 Å². The second-order valence-corrected chi connectivity index (χ2v) is 9.32. The standard InChI is InChI=1S/C24H31N5OS/c1-4-29(5-2)13-12-25-23(30)17-7-9-18(10-8-17)28-22-21-19-11-6-16(3)14-20(19)31-24(21)27-15-26-22/h7-10,15-16H,4-6,11-14H2,1-3H3,(H,25,30)(H,26,27,28). The maximum atomic E-state index is 12.4. The van der Waals surface area contributed by atoms with Crippen LogP contribution in [0.25, 0.3) is 10.2 Å². The van der Waals surface area contributed by atoms with Crippen LogP contribution in [0.2, 0.25) is 0 Å².